The number of carbonyl (C=O) groups excluding carboxylic acids is 2. The molecule has 0 radical (unpaired) electrons. The molecule has 0 bridgehead atoms. The highest BCUT2D eigenvalue weighted by Crippen LogP contribution is 2.31. The summed E-state index contributed by atoms with van der Waals surface area (Å²) in [5.41, 5.74) is 2.53. The van der Waals surface area contributed by atoms with Crippen LogP contribution in [-0.4, -0.2) is 39.4 Å². The standard InChI is InChI=1S/C28H26F3N5O3S/c1-17-4-5-18(2)23(14-17)33-25(37)16-40-27-35-34-24(15-32-26(38)19-6-12-22(39-3)13-7-19)36(27)21-10-8-20(9-11-21)28(29,30)31/h4-14H,15-16H2,1-3H3,(H,32,38)(H,33,37). The summed E-state index contributed by atoms with van der Waals surface area (Å²) in [7, 11) is 1.52. The lowest BCUT2D eigenvalue weighted by atomic mass is 10.1. The van der Waals surface area contributed by atoms with Crippen LogP contribution in [0.3, 0.4) is 0 Å². The number of rotatable bonds is 9. The first-order valence-electron chi connectivity index (χ1n) is 12.1. The third-order valence-electron chi connectivity index (χ3n) is 5.91. The van der Waals surface area contributed by atoms with Crippen LogP contribution in [0.2, 0.25) is 0 Å². The summed E-state index contributed by atoms with van der Waals surface area (Å²) in [6.45, 7) is 3.75. The predicted octanol–water partition coefficient (Wildman–Crippen LogP) is 5.57. The van der Waals surface area contributed by atoms with Gasteiger partial charge in [0, 0.05) is 16.9 Å². The maximum Gasteiger partial charge on any atom is 0.416 e. The summed E-state index contributed by atoms with van der Waals surface area (Å²) in [6, 6.07) is 16.7. The van der Waals surface area contributed by atoms with Gasteiger partial charge in [0.15, 0.2) is 11.0 Å². The molecule has 0 spiro atoms. The van der Waals surface area contributed by atoms with Crippen LogP contribution in [-0.2, 0) is 17.5 Å². The van der Waals surface area contributed by atoms with Crippen molar-refractivity contribution in [2.75, 3.05) is 18.2 Å². The van der Waals surface area contributed by atoms with Gasteiger partial charge in [0.05, 0.1) is 25.0 Å². The lowest BCUT2D eigenvalue weighted by molar-refractivity contribution is -0.137. The summed E-state index contributed by atoms with van der Waals surface area (Å²) in [5.74, 6) is 0.187. The summed E-state index contributed by atoms with van der Waals surface area (Å²) >= 11 is 1.07. The molecule has 2 amide bonds. The molecule has 208 valence electrons. The molecule has 0 fully saturated rings. The molecule has 4 aromatic rings. The predicted molar refractivity (Wildman–Crippen MR) is 146 cm³/mol. The van der Waals surface area contributed by atoms with Crippen LogP contribution in [0.5, 0.6) is 5.75 Å². The molecular weight excluding hydrogens is 543 g/mol. The van der Waals surface area contributed by atoms with E-state index in [1.807, 2.05) is 32.0 Å². The highest BCUT2D eigenvalue weighted by Gasteiger charge is 2.30. The summed E-state index contributed by atoms with van der Waals surface area (Å²) in [4.78, 5) is 25.4. The normalized spacial score (nSPS) is 11.2. The van der Waals surface area contributed by atoms with E-state index in [-0.39, 0.29) is 35.1 Å². The molecule has 1 heterocycles. The van der Waals surface area contributed by atoms with Crippen molar-refractivity contribution in [3.63, 3.8) is 0 Å². The Morgan fingerprint density at radius 2 is 1.68 bits per heavy atom. The number of hydrogen-bond acceptors (Lipinski definition) is 6. The van der Waals surface area contributed by atoms with E-state index < -0.39 is 11.7 Å². The number of amides is 2. The van der Waals surface area contributed by atoms with Crippen molar-refractivity contribution in [3.8, 4) is 11.4 Å². The Kier molecular flexibility index (Phi) is 8.78. The van der Waals surface area contributed by atoms with E-state index in [4.69, 9.17) is 4.74 Å². The van der Waals surface area contributed by atoms with Crippen molar-refractivity contribution in [1.82, 2.24) is 20.1 Å². The molecule has 0 unspecified atom stereocenters. The van der Waals surface area contributed by atoms with E-state index in [0.717, 1.165) is 35.0 Å². The van der Waals surface area contributed by atoms with E-state index in [0.29, 0.717) is 22.7 Å². The number of halogens is 3. The fourth-order valence-corrected chi connectivity index (χ4v) is 4.53. The Labute approximate surface area is 233 Å². The van der Waals surface area contributed by atoms with Crippen LogP contribution in [0.1, 0.15) is 32.9 Å². The molecule has 1 aromatic heterocycles. The zero-order chi connectivity index (χ0) is 28.9. The first-order chi connectivity index (χ1) is 19.0. The topological polar surface area (TPSA) is 98.1 Å². The van der Waals surface area contributed by atoms with E-state index >= 15 is 0 Å². The number of alkyl halides is 3. The Morgan fingerprint density at radius 3 is 2.33 bits per heavy atom. The fourth-order valence-electron chi connectivity index (χ4n) is 3.76. The van der Waals surface area contributed by atoms with E-state index in [9.17, 15) is 22.8 Å². The molecule has 12 heteroatoms. The number of aromatic nitrogens is 3. The van der Waals surface area contributed by atoms with Gasteiger partial charge < -0.3 is 15.4 Å². The molecule has 0 aliphatic carbocycles. The van der Waals surface area contributed by atoms with Gasteiger partial charge in [0.2, 0.25) is 5.91 Å². The zero-order valence-electron chi connectivity index (χ0n) is 21.9. The molecule has 0 aliphatic rings. The highest BCUT2D eigenvalue weighted by molar-refractivity contribution is 7.99. The molecule has 0 saturated carbocycles. The minimum absolute atomic E-state index is 0.0235. The van der Waals surface area contributed by atoms with Crippen LogP contribution in [0.4, 0.5) is 18.9 Å². The largest absolute Gasteiger partial charge is 0.497 e. The van der Waals surface area contributed by atoms with Gasteiger partial charge in [-0.25, -0.2) is 0 Å². The second-order valence-electron chi connectivity index (χ2n) is 8.85. The second-order valence-corrected chi connectivity index (χ2v) is 9.79. The van der Waals surface area contributed by atoms with Crippen molar-refractivity contribution in [3.05, 3.63) is 94.8 Å². The fraction of sp³-hybridized carbons (Fsp3) is 0.214. The highest BCUT2D eigenvalue weighted by atomic mass is 32.2. The number of nitrogens with one attached hydrogen (secondary N) is 2. The van der Waals surface area contributed by atoms with Crippen LogP contribution in [0.15, 0.2) is 71.9 Å². The van der Waals surface area contributed by atoms with Gasteiger partial charge in [-0.15, -0.1) is 10.2 Å². The molecule has 0 aliphatic heterocycles. The van der Waals surface area contributed by atoms with Crippen molar-refractivity contribution in [1.29, 1.82) is 0 Å². The summed E-state index contributed by atoms with van der Waals surface area (Å²) < 4.78 is 46.1. The smallest absolute Gasteiger partial charge is 0.416 e. The molecule has 0 atom stereocenters. The quantitative estimate of drug-likeness (QED) is 0.256. The van der Waals surface area contributed by atoms with Crippen LogP contribution < -0.4 is 15.4 Å². The lowest BCUT2D eigenvalue weighted by Gasteiger charge is -2.13. The molecule has 4 rings (SSSR count). The van der Waals surface area contributed by atoms with Crippen molar-refractivity contribution >= 4 is 29.3 Å². The van der Waals surface area contributed by atoms with Crippen LogP contribution >= 0.6 is 11.8 Å². The monoisotopic (exact) mass is 569 g/mol. The average Bonchev–Trinajstić information content (AvgIpc) is 3.35. The summed E-state index contributed by atoms with van der Waals surface area (Å²) in [6.07, 6.45) is -4.50. The Hall–Kier alpha value is -4.32. The number of thioether (sulfide) groups is 1. The average molecular weight is 570 g/mol. The van der Waals surface area contributed by atoms with E-state index in [1.54, 1.807) is 24.3 Å². The van der Waals surface area contributed by atoms with Gasteiger partial charge in [-0.05, 0) is 79.6 Å². The molecule has 8 nitrogen and oxygen atoms in total. The second kappa shape index (κ2) is 12.2. The number of ether oxygens (including phenoxy) is 1. The number of benzene rings is 3. The SMILES string of the molecule is COc1ccc(C(=O)NCc2nnc(SCC(=O)Nc3cc(C)ccc3C)n2-c2ccc(C(F)(F)F)cc2)cc1. The van der Waals surface area contributed by atoms with E-state index in [2.05, 4.69) is 20.8 Å². The van der Waals surface area contributed by atoms with Gasteiger partial charge >= 0.3 is 6.18 Å². The van der Waals surface area contributed by atoms with Gasteiger partial charge in [-0.1, -0.05) is 23.9 Å². The third-order valence-corrected chi connectivity index (χ3v) is 6.84. The maximum atomic E-state index is 13.1. The van der Waals surface area contributed by atoms with Crippen LogP contribution in [0.25, 0.3) is 5.69 Å². The Morgan fingerprint density at radius 1 is 0.975 bits per heavy atom. The first kappa shape index (κ1) is 28.7. The van der Waals surface area contributed by atoms with Gasteiger partial charge in [-0.3, -0.25) is 14.2 Å². The zero-order valence-corrected chi connectivity index (χ0v) is 22.7. The minimum Gasteiger partial charge on any atom is -0.497 e. The number of nitrogens with zero attached hydrogens (tertiary/aromatic N) is 3. The molecule has 2 N–H and O–H groups in total. The number of aryl methyl sites for hydroxylation is 2. The minimum atomic E-state index is -4.50. The lowest BCUT2D eigenvalue weighted by Crippen LogP contribution is -2.24. The number of carbonyl (C=O) groups is 2. The first-order valence-corrected chi connectivity index (χ1v) is 13.1. The summed E-state index contributed by atoms with van der Waals surface area (Å²) in [5, 5.41) is 14.2. The van der Waals surface area contributed by atoms with Crippen molar-refractivity contribution in [2.24, 2.45) is 0 Å². The van der Waals surface area contributed by atoms with E-state index in [1.165, 1.54) is 23.8 Å². The van der Waals surface area contributed by atoms with Crippen LogP contribution in [0, 0.1) is 13.8 Å². The van der Waals surface area contributed by atoms with Crippen molar-refractivity contribution < 1.29 is 27.5 Å². The molecule has 3 aromatic carbocycles. The maximum absolute atomic E-state index is 13.1. The Balaban J connectivity index is 1.54. The van der Waals surface area contributed by atoms with Gasteiger partial charge in [-0.2, -0.15) is 13.2 Å². The molecular formula is C28H26F3N5O3S. The van der Waals surface area contributed by atoms with Crippen molar-refractivity contribution in [2.45, 2.75) is 31.7 Å². The number of methoxy groups -OCH3 is 1. The number of hydrogen-bond donors (Lipinski definition) is 2. The van der Waals surface area contributed by atoms with Gasteiger partial charge in [0.1, 0.15) is 5.75 Å². The third kappa shape index (κ3) is 7.00. The number of anilines is 1. The van der Waals surface area contributed by atoms with Gasteiger partial charge in [0.25, 0.3) is 5.91 Å². The molecule has 40 heavy (non-hydrogen) atoms. The molecule has 0 saturated heterocycles. The Bertz CT molecular complexity index is 1500.